The lowest BCUT2D eigenvalue weighted by Gasteiger charge is -2.20. The lowest BCUT2D eigenvalue weighted by Crippen LogP contribution is -2.50. The molecule has 2 amide bonds. The number of halogens is 1. The fourth-order valence-electron chi connectivity index (χ4n) is 3.09. The average molecular weight is 487 g/mol. The van der Waals surface area contributed by atoms with E-state index in [-0.39, 0.29) is 44.7 Å². The van der Waals surface area contributed by atoms with E-state index in [9.17, 15) is 23.6 Å². The third-order valence-corrected chi connectivity index (χ3v) is 5.08. The predicted molar refractivity (Wildman–Crippen MR) is 127 cm³/mol. The third-order valence-electron chi connectivity index (χ3n) is 5.08. The van der Waals surface area contributed by atoms with E-state index in [2.05, 4.69) is 10.6 Å². The summed E-state index contributed by atoms with van der Waals surface area (Å²) >= 11 is 0. The number of ketones is 1. The van der Waals surface area contributed by atoms with Crippen molar-refractivity contribution in [3.8, 4) is 0 Å². The van der Waals surface area contributed by atoms with Crippen LogP contribution >= 0.6 is 0 Å². The number of hydrogen-bond acceptors (Lipinski definition) is 6. The SMILES string of the molecule is CC(NC(=O)N[C@@H](CCC(=O)OCc1ccccc1)C(=O)OCc1ccccc1)C(=O)CCCF. The van der Waals surface area contributed by atoms with Gasteiger partial charge in [-0.15, -0.1) is 0 Å². The van der Waals surface area contributed by atoms with Crippen LogP contribution in [0.3, 0.4) is 0 Å². The molecule has 2 atom stereocenters. The molecule has 0 aliphatic heterocycles. The Kier molecular flexibility index (Phi) is 11.9. The summed E-state index contributed by atoms with van der Waals surface area (Å²) in [6.07, 6.45) is -0.123. The molecule has 0 radical (unpaired) electrons. The van der Waals surface area contributed by atoms with Gasteiger partial charge in [-0.25, -0.2) is 9.59 Å². The Bertz CT molecular complexity index is 955. The van der Waals surface area contributed by atoms with Crippen LogP contribution in [0, 0.1) is 0 Å². The van der Waals surface area contributed by atoms with Crippen molar-refractivity contribution in [2.75, 3.05) is 6.67 Å². The highest BCUT2D eigenvalue weighted by atomic mass is 19.1. The first-order valence-electron chi connectivity index (χ1n) is 11.4. The van der Waals surface area contributed by atoms with E-state index < -0.39 is 36.7 Å². The predicted octanol–water partition coefficient (Wildman–Crippen LogP) is 3.63. The number of urea groups is 1. The van der Waals surface area contributed by atoms with E-state index in [4.69, 9.17) is 9.47 Å². The van der Waals surface area contributed by atoms with Crippen LogP contribution in [-0.4, -0.2) is 42.5 Å². The molecule has 2 aromatic carbocycles. The molecule has 9 heteroatoms. The second-order valence-corrected chi connectivity index (χ2v) is 7.93. The maximum atomic E-state index is 12.7. The molecule has 0 aliphatic carbocycles. The average Bonchev–Trinajstić information content (AvgIpc) is 2.88. The topological polar surface area (TPSA) is 111 Å². The number of hydrogen-bond donors (Lipinski definition) is 2. The number of esters is 2. The van der Waals surface area contributed by atoms with Gasteiger partial charge in [0, 0.05) is 12.8 Å². The van der Waals surface area contributed by atoms with Crippen molar-refractivity contribution in [2.45, 2.75) is 57.9 Å². The molecule has 0 spiro atoms. The van der Waals surface area contributed by atoms with Gasteiger partial charge in [0.2, 0.25) is 0 Å². The molecule has 0 saturated carbocycles. The molecule has 8 nitrogen and oxygen atoms in total. The van der Waals surface area contributed by atoms with Gasteiger partial charge < -0.3 is 20.1 Å². The van der Waals surface area contributed by atoms with Gasteiger partial charge in [-0.1, -0.05) is 60.7 Å². The highest BCUT2D eigenvalue weighted by molar-refractivity contribution is 5.90. The van der Waals surface area contributed by atoms with Gasteiger partial charge in [0.25, 0.3) is 0 Å². The number of nitrogens with one attached hydrogen (secondary N) is 2. The summed E-state index contributed by atoms with van der Waals surface area (Å²) in [6.45, 7) is 0.940. The lowest BCUT2D eigenvalue weighted by molar-refractivity contribution is -0.148. The zero-order valence-corrected chi connectivity index (χ0v) is 19.7. The number of amides is 2. The van der Waals surface area contributed by atoms with E-state index in [1.165, 1.54) is 6.92 Å². The number of carbonyl (C=O) groups is 4. The van der Waals surface area contributed by atoms with Crippen LogP contribution in [0.2, 0.25) is 0 Å². The molecule has 2 N–H and O–H groups in total. The molecule has 0 bridgehead atoms. The van der Waals surface area contributed by atoms with E-state index in [1.54, 1.807) is 24.3 Å². The van der Waals surface area contributed by atoms with Gasteiger partial charge >= 0.3 is 18.0 Å². The Balaban J connectivity index is 1.92. The Morgan fingerprint density at radius 3 is 1.97 bits per heavy atom. The number of alkyl halides is 1. The molecule has 188 valence electrons. The minimum Gasteiger partial charge on any atom is -0.461 e. The van der Waals surface area contributed by atoms with Gasteiger partial charge in [0.1, 0.15) is 19.3 Å². The van der Waals surface area contributed by atoms with Crippen LogP contribution in [0.15, 0.2) is 60.7 Å². The second-order valence-electron chi connectivity index (χ2n) is 7.93. The molecule has 0 aliphatic rings. The maximum absolute atomic E-state index is 12.7. The smallest absolute Gasteiger partial charge is 0.329 e. The molecule has 2 aromatic rings. The van der Waals surface area contributed by atoms with E-state index in [1.807, 2.05) is 36.4 Å². The van der Waals surface area contributed by atoms with Gasteiger partial charge in [-0.3, -0.25) is 14.0 Å². The highest BCUT2D eigenvalue weighted by Crippen LogP contribution is 2.08. The largest absolute Gasteiger partial charge is 0.461 e. The van der Waals surface area contributed by atoms with Gasteiger partial charge in [0.05, 0.1) is 12.7 Å². The zero-order valence-electron chi connectivity index (χ0n) is 19.7. The first-order chi connectivity index (χ1) is 16.9. The van der Waals surface area contributed by atoms with Crippen molar-refractivity contribution in [3.63, 3.8) is 0 Å². The normalized spacial score (nSPS) is 12.2. The monoisotopic (exact) mass is 486 g/mol. The van der Waals surface area contributed by atoms with Crippen molar-refractivity contribution in [1.29, 1.82) is 0 Å². The van der Waals surface area contributed by atoms with Crippen molar-refractivity contribution in [3.05, 3.63) is 71.8 Å². The van der Waals surface area contributed by atoms with Crippen LogP contribution in [0.25, 0.3) is 0 Å². The van der Waals surface area contributed by atoms with Crippen molar-refractivity contribution >= 4 is 23.8 Å². The Morgan fingerprint density at radius 1 is 0.829 bits per heavy atom. The van der Waals surface area contributed by atoms with Crippen LogP contribution < -0.4 is 10.6 Å². The number of carbonyl (C=O) groups excluding carboxylic acids is 4. The van der Waals surface area contributed by atoms with E-state index in [0.29, 0.717) is 0 Å². The highest BCUT2D eigenvalue weighted by Gasteiger charge is 2.25. The maximum Gasteiger partial charge on any atom is 0.329 e. The summed E-state index contributed by atoms with van der Waals surface area (Å²) in [7, 11) is 0. The molecule has 0 fully saturated rings. The van der Waals surface area contributed by atoms with Crippen molar-refractivity contribution in [1.82, 2.24) is 10.6 Å². The first kappa shape index (κ1) is 27.5. The number of ether oxygens (including phenoxy) is 2. The van der Waals surface area contributed by atoms with Crippen LogP contribution in [0.5, 0.6) is 0 Å². The molecule has 2 rings (SSSR count). The number of Topliss-reactive ketones (excluding diaryl/α,β-unsaturated/α-hetero) is 1. The number of benzene rings is 2. The second kappa shape index (κ2) is 15.2. The summed E-state index contributed by atoms with van der Waals surface area (Å²) in [4.78, 5) is 49.2. The third kappa shape index (κ3) is 10.8. The fraction of sp³-hybridized carbons (Fsp3) is 0.385. The molecular weight excluding hydrogens is 455 g/mol. The van der Waals surface area contributed by atoms with Crippen LogP contribution in [0.1, 0.15) is 43.7 Å². The van der Waals surface area contributed by atoms with E-state index >= 15 is 0 Å². The first-order valence-corrected chi connectivity index (χ1v) is 11.4. The minimum atomic E-state index is -1.14. The molecule has 0 saturated heterocycles. The van der Waals surface area contributed by atoms with Gasteiger partial charge in [-0.2, -0.15) is 0 Å². The quantitative estimate of drug-likeness (QED) is 0.395. The summed E-state index contributed by atoms with van der Waals surface area (Å²) < 4.78 is 22.8. The lowest BCUT2D eigenvalue weighted by atomic mass is 10.1. The number of rotatable bonds is 14. The van der Waals surface area contributed by atoms with Gasteiger partial charge in [-0.05, 0) is 30.9 Å². The Morgan fingerprint density at radius 2 is 1.40 bits per heavy atom. The molecule has 0 aromatic heterocycles. The summed E-state index contributed by atoms with van der Waals surface area (Å²) in [5.74, 6) is -1.59. The summed E-state index contributed by atoms with van der Waals surface area (Å²) in [5, 5.41) is 4.90. The standard InChI is InChI=1S/C26H31FN2O6/c1-19(23(30)13-8-16-27)28-26(33)29-22(25(32)35-18-21-11-6-3-7-12-21)14-15-24(31)34-17-20-9-4-2-5-10-20/h2-7,9-12,19,22H,8,13-18H2,1H3,(H2,28,29,33)/t19?,22-/m0/s1. The van der Waals surface area contributed by atoms with Crippen LogP contribution in [0.4, 0.5) is 9.18 Å². The summed E-state index contributed by atoms with van der Waals surface area (Å²) in [5.41, 5.74) is 1.59. The Labute approximate surface area is 204 Å². The summed E-state index contributed by atoms with van der Waals surface area (Å²) in [6, 6.07) is 15.4. The molecule has 1 unspecified atom stereocenters. The fourth-order valence-corrected chi connectivity index (χ4v) is 3.09. The van der Waals surface area contributed by atoms with Gasteiger partial charge in [0.15, 0.2) is 5.78 Å². The zero-order chi connectivity index (χ0) is 25.5. The minimum absolute atomic E-state index is 0.00392. The molecule has 35 heavy (non-hydrogen) atoms. The van der Waals surface area contributed by atoms with E-state index in [0.717, 1.165) is 11.1 Å². The Hall–Kier alpha value is -3.75. The molecule has 0 heterocycles. The van der Waals surface area contributed by atoms with Crippen molar-refractivity contribution < 1.29 is 33.0 Å². The van der Waals surface area contributed by atoms with Crippen molar-refractivity contribution in [2.24, 2.45) is 0 Å². The van der Waals surface area contributed by atoms with Crippen LogP contribution in [-0.2, 0) is 37.1 Å². The molecular formula is C26H31FN2O6.